The molecule has 0 amide bonds. The molecule has 1 saturated heterocycles. The van der Waals surface area contributed by atoms with Crippen molar-refractivity contribution in [3.8, 4) is 0 Å². The quantitative estimate of drug-likeness (QED) is 0.918. The van der Waals surface area contributed by atoms with Gasteiger partial charge in [-0.25, -0.2) is 4.39 Å². The van der Waals surface area contributed by atoms with E-state index in [1.807, 2.05) is 44.3 Å². The topological polar surface area (TPSA) is 23.5 Å². The SMILES string of the molecule is Cc1ccccc1[C@]1(O)CCN(C)C[C@@H]1c1ccccc1F. The first-order valence-corrected chi connectivity index (χ1v) is 7.74. The maximum absolute atomic E-state index is 14.3. The predicted molar refractivity (Wildman–Crippen MR) is 86.3 cm³/mol. The van der Waals surface area contributed by atoms with E-state index in [4.69, 9.17) is 0 Å². The van der Waals surface area contributed by atoms with Crippen molar-refractivity contribution in [2.75, 3.05) is 20.1 Å². The number of halogens is 1. The van der Waals surface area contributed by atoms with Crippen molar-refractivity contribution in [2.24, 2.45) is 0 Å². The van der Waals surface area contributed by atoms with Gasteiger partial charge in [0.1, 0.15) is 5.82 Å². The van der Waals surface area contributed by atoms with Crippen molar-refractivity contribution in [2.45, 2.75) is 24.9 Å². The van der Waals surface area contributed by atoms with Crippen LogP contribution in [0.3, 0.4) is 0 Å². The lowest BCUT2D eigenvalue weighted by atomic mass is 9.71. The lowest BCUT2D eigenvalue weighted by Gasteiger charge is -2.45. The minimum Gasteiger partial charge on any atom is -0.384 e. The van der Waals surface area contributed by atoms with Gasteiger partial charge in [0.25, 0.3) is 0 Å². The molecule has 0 radical (unpaired) electrons. The third-order valence-corrected chi connectivity index (χ3v) is 4.84. The first-order chi connectivity index (χ1) is 10.5. The highest BCUT2D eigenvalue weighted by Crippen LogP contribution is 2.44. The molecule has 3 rings (SSSR count). The average Bonchev–Trinajstić information content (AvgIpc) is 2.51. The molecule has 22 heavy (non-hydrogen) atoms. The fraction of sp³-hybridized carbons (Fsp3) is 0.368. The summed E-state index contributed by atoms with van der Waals surface area (Å²) in [4.78, 5) is 2.16. The molecule has 0 unspecified atom stereocenters. The summed E-state index contributed by atoms with van der Waals surface area (Å²) in [5.41, 5.74) is 1.53. The van der Waals surface area contributed by atoms with Crippen LogP contribution in [0.1, 0.15) is 29.0 Å². The summed E-state index contributed by atoms with van der Waals surface area (Å²) in [6.45, 7) is 3.45. The number of benzene rings is 2. The summed E-state index contributed by atoms with van der Waals surface area (Å²) >= 11 is 0. The van der Waals surface area contributed by atoms with Gasteiger partial charge in [0.2, 0.25) is 0 Å². The molecule has 0 spiro atoms. The highest BCUT2D eigenvalue weighted by molar-refractivity contribution is 5.37. The lowest BCUT2D eigenvalue weighted by molar-refractivity contribution is -0.0432. The molecule has 2 aromatic rings. The average molecular weight is 299 g/mol. The van der Waals surface area contributed by atoms with Crippen LogP contribution in [-0.4, -0.2) is 30.1 Å². The normalized spacial score (nSPS) is 26.1. The highest BCUT2D eigenvalue weighted by atomic mass is 19.1. The van der Waals surface area contributed by atoms with Crippen molar-refractivity contribution in [1.82, 2.24) is 4.90 Å². The van der Waals surface area contributed by atoms with E-state index < -0.39 is 5.60 Å². The number of rotatable bonds is 2. The summed E-state index contributed by atoms with van der Waals surface area (Å²) in [5, 5.41) is 11.5. The number of piperidine rings is 1. The highest BCUT2D eigenvalue weighted by Gasteiger charge is 2.44. The molecule has 0 aliphatic carbocycles. The van der Waals surface area contributed by atoms with Crippen LogP contribution in [0.2, 0.25) is 0 Å². The number of aliphatic hydroxyl groups is 1. The zero-order valence-corrected chi connectivity index (χ0v) is 13.1. The van der Waals surface area contributed by atoms with E-state index in [1.165, 1.54) is 6.07 Å². The minimum absolute atomic E-state index is 0.241. The molecule has 1 fully saturated rings. The Morgan fingerprint density at radius 1 is 1.14 bits per heavy atom. The van der Waals surface area contributed by atoms with E-state index in [9.17, 15) is 9.50 Å². The molecular formula is C19H22FNO. The summed E-state index contributed by atoms with van der Waals surface area (Å²) < 4.78 is 14.3. The largest absolute Gasteiger partial charge is 0.384 e. The molecule has 2 atom stereocenters. The standard InChI is InChI=1S/C19H22FNO/c1-14-7-3-5-9-16(14)19(22)11-12-21(2)13-17(19)15-8-4-6-10-18(15)20/h3-10,17,22H,11-13H2,1-2H3/t17-,19-/m1/s1. The lowest BCUT2D eigenvalue weighted by Crippen LogP contribution is -2.47. The smallest absolute Gasteiger partial charge is 0.126 e. The van der Waals surface area contributed by atoms with E-state index in [2.05, 4.69) is 4.90 Å². The van der Waals surface area contributed by atoms with Gasteiger partial charge in [0, 0.05) is 19.0 Å². The molecule has 0 bridgehead atoms. The molecule has 0 saturated carbocycles. The van der Waals surface area contributed by atoms with Gasteiger partial charge in [-0.2, -0.15) is 0 Å². The van der Waals surface area contributed by atoms with Crippen LogP contribution >= 0.6 is 0 Å². The number of nitrogens with zero attached hydrogens (tertiary/aromatic N) is 1. The molecule has 1 aliphatic rings. The predicted octanol–water partition coefficient (Wildman–Crippen LogP) is 3.44. The number of hydrogen-bond acceptors (Lipinski definition) is 2. The fourth-order valence-electron chi connectivity index (χ4n) is 3.58. The van der Waals surface area contributed by atoms with E-state index in [1.54, 1.807) is 12.1 Å². The first kappa shape index (κ1) is 15.2. The van der Waals surface area contributed by atoms with Crippen molar-refractivity contribution in [1.29, 1.82) is 0 Å². The Morgan fingerprint density at radius 2 is 1.82 bits per heavy atom. The molecule has 2 nitrogen and oxygen atoms in total. The zero-order chi connectivity index (χ0) is 15.7. The Kier molecular flexibility index (Phi) is 4.02. The van der Waals surface area contributed by atoms with Gasteiger partial charge in [-0.15, -0.1) is 0 Å². The third kappa shape index (κ3) is 2.55. The molecule has 3 heteroatoms. The zero-order valence-electron chi connectivity index (χ0n) is 13.1. The minimum atomic E-state index is -1.03. The van der Waals surface area contributed by atoms with Crippen LogP contribution in [0, 0.1) is 12.7 Å². The van der Waals surface area contributed by atoms with E-state index in [-0.39, 0.29) is 11.7 Å². The van der Waals surface area contributed by atoms with Crippen LogP contribution in [0.25, 0.3) is 0 Å². The molecule has 1 aliphatic heterocycles. The maximum Gasteiger partial charge on any atom is 0.126 e. The molecule has 1 N–H and O–H groups in total. The van der Waals surface area contributed by atoms with E-state index >= 15 is 0 Å². The first-order valence-electron chi connectivity index (χ1n) is 7.74. The maximum atomic E-state index is 14.3. The Morgan fingerprint density at radius 3 is 2.55 bits per heavy atom. The van der Waals surface area contributed by atoms with Gasteiger partial charge in [-0.3, -0.25) is 0 Å². The van der Waals surface area contributed by atoms with Gasteiger partial charge < -0.3 is 10.0 Å². The van der Waals surface area contributed by atoms with Crippen LogP contribution in [0.4, 0.5) is 4.39 Å². The van der Waals surface area contributed by atoms with Gasteiger partial charge in [0.05, 0.1) is 5.60 Å². The second-order valence-electron chi connectivity index (χ2n) is 6.33. The van der Waals surface area contributed by atoms with Crippen LogP contribution in [-0.2, 0) is 5.60 Å². The second kappa shape index (κ2) is 5.82. The number of hydrogen-bond donors (Lipinski definition) is 1. The summed E-state index contributed by atoms with van der Waals surface area (Å²) in [6, 6.07) is 14.7. The fourth-order valence-corrected chi connectivity index (χ4v) is 3.58. The van der Waals surface area contributed by atoms with Crippen LogP contribution in [0.15, 0.2) is 48.5 Å². The molecular weight excluding hydrogens is 277 g/mol. The summed E-state index contributed by atoms with van der Waals surface area (Å²) in [6.07, 6.45) is 0.605. The number of likely N-dealkylation sites (N-methyl/N-ethyl adjacent to an activating group) is 1. The monoisotopic (exact) mass is 299 g/mol. The summed E-state index contributed by atoms with van der Waals surface area (Å²) in [5.74, 6) is -0.511. The van der Waals surface area contributed by atoms with Crippen LogP contribution in [0.5, 0.6) is 0 Å². The molecule has 1 heterocycles. The van der Waals surface area contributed by atoms with Gasteiger partial charge in [-0.1, -0.05) is 42.5 Å². The van der Waals surface area contributed by atoms with Crippen molar-refractivity contribution in [3.63, 3.8) is 0 Å². The summed E-state index contributed by atoms with van der Waals surface area (Å²) in [7, 11) is 2.02. The Balaban J connectivity index is 2.12. The second-order valence-corrected chi connectivity index (χ2v) is 6.33. The molecule has 2 aromatic carbocycles. The third-order valence-electron chi connectivity index (χ3n) is 4.84. The van der Waals surface area contributed by atoms with Gasteiger partial charge in [0.15, 0.2) is 0 Å². The van der Waals surface area contributed by atoms with E-state index in [0.29, 0.717) is 18.5 Å². The van der Waals surface area contributed by atoms with Crippen molar-refractivity contribution in [3.05, 3.63) is 71.0 Å². The van der Waals surface area contributed by atoms with Gasteiger partial charge >= 0.3 is 0 Å². The Labute approximate surface area is 131 Å². The Hall–Kier alpha value is -1.71. The molecule has 116 valence electrons. The molecule has 0 aromatic heterocycles. The number of likely N-dealkylation sites (tertiary alicyclic amines) is 1. The van der Waals surface area contributed by atoms with Crippen LogP contribution < -0.4 is 0 Å². The Bertz CT molecular complexity index is 672. The van der Waals surface area contributed by atoms with Crippen molar-refractivity contribution >= 4 is 0 Å². The number of aryl methyl sites for hydroxylation is 1. The van der Waals surface area contributed by atoms with Crippen molar-refractivity contribution < 1.29 is 9.50 Å². The van der Waals surface area contributed by atoms with Gasteiger partial charge in [-0.05, 0) is 43.1 Å². The van der Waals surface area contributed by atoms with E-state index in [0.717, 1.165) is 17.7 Å².